The van der Waals surface area contributed by atoms with Crippen molar-refractivity contribution in [3.05, 3.63) is 59.7 Å². The van der Waals surface area contributed by atoms with Gasteiger partial charge in [0.15, 0.2) is 0 Å². The Kier molecular flexibility index (Phi) is 12.7. The Labute approximate surface area is 183 Å². The van der Waals surface area contributed by atoms with Gasteiger partial charge in [-0.05, 0) is 0 Å². The molecule has 2 N–H and O–H groups in total. The van der Waals surface area contributed by atoms with Crippen molar-refractivity contribution in [1.82, 2.24) is 0 Å². The second-order valence-corrected chi connectivity index (χ2v) is 10.5. The summed E-state index contributed by atoms with van der Waals surface area (Å²) in [5.41, 5.74) is 2.18. The molecular formula is C26H38O2Se. The first kappa shape index (κ1) is 23.8. The first-order chi connectivity index (χ1) is 14.3. The fourth-order valence-corrected chi connectivity index (χ4v) is 5.79. The molecule has 160 valence electrons. The quantitative estimate of drug-likeness (QED) is 0.203. The number of rotatable bonds is 16. The monoisotopic (exact) mass is 462 g/mol. The summed E-state index contributed by atoms with van der Waals surface area (Å²) in [6.45, 7) is 0. The van der Waals surface area contributed by atoms with Crippen molar-refractivity contribution in [2.24, 2.45) is 0 Å². The van der Waals surface area contributed by atoms with E-state index >= 15 is 0 Å². The normalized spacial score (nSPS) is 11.0. The average molecular weight is 462 g/mol. The summed E-state index contributed by atoms with van der Waals surface area (Å²) >= 11 is 0.839. The van der Waals surface area contributed by atoms with Gasteiger partial charge in [-0.2, -0.15) is 0 Å². The second kappa shape index (κ2) is 15.4. The van der Waals surface area contributed by atoms with Crippen molar-refractivity contribution >= 4 is 15.0 Å². The number of phenolic OH excluding ortho intramolecular Hbond substituents is 2. The summed E-state index contributed by atoms with van der Waals surface area (Å²) in [5.74, 6) is 0.899. The Morgan fingerprint density at radius 3 is 1.31 bits per heavy atom. The molecule has 0 unspecified atom stereocenters. The molecule has 0 aliphatic rings. The topological polar surface area (TPSA) is 40.5 Å². The summed E-state index contributed by atoms with van der Waals surface area (Å²) in [4.78, 5) is 0. The van der Waals surface area contributed by atoms with Crippen LogP contribution in [0.1, 0.15) is 75.3 Å². The minimum atomic E-state index is 0.450. The van der Waals surface area contributed by atoms with E-state index < -0.39 is 0 Å². The summed E-state index contributed by atoms with van der Waals surface area (Å²) in [6.07, 6.45) is 15.1. The molecule has 0 radical (unpaired) electrons. The third kappa shape index (κ3) is 10.8. The van der Waals surface area contributed by atoms with Crippen molar-refractivity contribution in [3.63, 3.8) is 0 Å². The number of unbranched alkanes of at least 4 members (excludes halogenated alkanes) is 8. The maximum absolute atomic E-state index is 9.76. The van der Waals surface area contributed by atoms with Gasteiger partial charge >= 0.3 is 184 Å². The van der Waals surface area contributed by atoms with E-state index in [0.717, 1.165) is 38.9 Å². The molecule has 0 bridgehead atoms. The van der Waals surface area contributed by atoms with Gasteiger partial charge in [0.1, 0.15) is 0 Å². The molecule has 2 aromatic rings. The predicted molar refractivity (Wildman–Crippen MR) is 125 cm³/mol. The van der Waals surface area contributed by atoms with Crippen LogP contribution in [0, 0.1) is 0 Å². The molecule has 2 aromatic carbocycles. The molecule has 0 fully saturated rings. The third-order valence-electron chi connectivity index (χ3n) is 5.45. The number of aromatic hydroxyl groups is 2. The van der Waals surface area contributed by atoms with Gasteiger partial charge in [-0.15, -0.1) is 0 Å². The van der Waals surface area contributed by atoms with Gasteiger partial charge in [0.2, 0.25) is 0 Å². The van der Waals surface area contributed by atoms with Gasteiger partial charge in [0.05, 0.1) is 0 Å². The number of para-hydroxylation sites is 2. The fraction of sp³-hybridized carbons (Fsp3) is 0.538. The van der Waals surface area contributed by atoms with Gasteiger partial charge in [0.25, 0.3) is 0 Å². The van der Waals surface area contributed by atoms with Gasteiger partial charge in [0, 0.05) is 0 Å². The molecule has 0 heterocycles. The number of hydrogen-bond donors (Lipinski definition) is 2. The van der Waals surface area contributed by atoms with E-state index in [4.69, 9.17) is 0 Å². The predicted octanol–water partition coefficient (Wildman–Crippen LogP) is 7.32. The van der Waals surface area contributed by atoms with Crippen LogP contribution in [0.3, 0.4) is 0 Å². The molecule has 0 aliphatic heterocycles. The second-order valence-electron chi connectivity index (χ2n) is 7.91. The standard InChI is InChI=1S/C26H38O2Se/c27-25-19-11-9-17-23(25)15-7-3-1-5-13-21-29-22-14-6-2-4-8-16-24-18-10-12-20-26(24)28/h9-12,17-20,27-28H,1-8,13-16,21-22H2. The molecule has 0 saturated heterocycles. The van der Waals surface area contributed by atoms with Crippen molar-refractivity contribution in [1.29, 1.82) is 0 Å². The number of hydrogen-bond acceptors (Lipinski definition) is 2. The Morgan fingerprint density at radius 2 is 0.862 bits per heavy atom. The molecule has 29 heavy (non-hydrogen) atoms. The van der Waals surface area contributed by atoms with E-state index in [1.165, 1.54) is 74.8 Å². The van der Waals surface area contributed by atoms with Crippen LogP contribution in [0.15, 0.2) is 48.5 Å². The number of aryl methyl sites for hydroxylation is 2. The van der Waals surface area contributed by atoms with Crippen molar-refractivity contribution in [2.75, 3.05) is 0 Å². The first-order valence-corrected chi connectivity index (χ1v) is 13.8. The van der Waals surface area contributed by atoms with E-state index in [2.05, 4.69) is 0 Å². The molecule has 0 atom stereocenters. The number of benzene rings is 2. The molecule has 0 saturated carbocycles. The molecule has 0 amide bonds. The summed E-state index contributed by atoms with van der Waals surface area (Å²) < 4.78 is 0. The maximum atomic E-state index is 9.76. The van der Waals surface area contributed by atoms with Crippen LogP contribution >= 0.6 is 0 Å². The molecule has 3 heteroatoms. The number of phenols is 2. The van der Waals surface area contributed by atoms with Crippen LogP contribution in [0.5, 0.6) is 11.5 Å². The Balaban J connectivity index is 1.31. The third-order valence-corrected chi connectivity index (χ3v) is 7.88. The Hall–Kier alpha value is -1.44. The zero-order chi connectivity index (χ0) is 20.6. The van der Waals surface area contributed by atoms with E-state index in [-0.39, 0.29) is 0 Å². The average Bonchev–Trinajstić information content (AvgIpc) is 2.73. The van der Waals surface area contributed by atoms with E-state index in [9.17, 15) is 10.2 Å². The summed E-state index contributed by atoms with van der Waals surface area (Å²) in [7, 11) is 0. The van der Waals surface area contributed by atoms with Crippen LogP contribution in [0.4, 0.5) is 0 Å². The SMILES string of the molecule is Oc1ccccc1CCCCCCC[Se]CCCCCCCc1ccccc1O. The minimum absolute atomic E-state index is 0.450. The van der Waals surface area contributed by atoms with Gasteiger partial charge in [-0.25, -0.2) is 0 Å². The molecule has 2 nitrogen and oxygen atoms in total. The van der Waals surface area contributed by atoms with E-state index in [1.54, 1.807) is 12.1 Å². The van der Waals surface area contributed by atoms with Crippen molar-refractivity contribution in [3.8, 4) is 11.5 Å². The van der Waals surface area contributed by atoms with Crippen LogP contribution in [0.2, 0.25) is 10.6 Å². The van der Waals surface area contributed by atoms with Crippen LogP contribution in [0.25, 0.3) is 0 Å². The van der Waals surface area contributed by atoms with E-state index in [1.807, 2.05) is 36.4 Å². The van der Waals surface area contributed by atoms with Gasteiger partial charge in [-0.1, -0.05) is 0 Å². The molecule has 0 aromatic heterocycles. The summed E-state index contributed by atoms with van der Waals surface area (Å²) in [5, 5.41) is 22.4. The molecule has 0 spiro atoms. The first-order valence-electron chi connectivity index (χ1n) is 11.4. The molecular weight excluding hydrogens is 423 g/mol. The fourth-order valence-electron chi connectivity index (χ4n) is 3.65. The van der Waals surface area contributed by atoms with Crippen LogP contribution < -0.4 is 0 Å². The van der Waals surface area contributed by atoms with Crippen molar-refractivity contribution < 1.29 is 10.2 Å². The summed E-state index contributed by atoms with van der Waals surface area (Å²) in [6, 6.07) is 15.4. The van der Waals surface area contributed by atoms with Gasteiger partial charge < -0.3 is 0 Å². The van der Waals surface area contributed by atoms with Crippen LogP contribution in [-0.2, 0) is 12.8 Å². The van der Waals surface area contributed by atoms with Gasteiger partial charge in [-0.3, -0.25) is 0 Å². The Bertz CT molecular complexity index is 614. The molecule has 2 rings (SSSR count). The zero-order valence-corrected chi connectivity index (χ0v) is 19.5. The Morgan fingerprint density at radius 1 is 0.483 bits per heavy atom. The van der Waals surface area contributed by atoms with Crippen LogP contribution in [-0.4, -0.2) is 25.2 Å². The van der Waals surface area contributed by atoms with Crippen molar-refractivity contribution in [2.45, 2.75) is 87.7 Å². The molecule has 0 aliphatic carbocycles. The van der Waals surface area contributed by atoms with E-state index in [0.29, 0.717) is 11.5 Å². The zero-order valence-electron chi connectivity index (χ0n) is 17.8.